The molecule has 1 aliphatic heterocycles. The number of thiol groups is 1. The van der Waals surface area contributed by atoms with Gasteiger partial charge in [0.2, 0.25) is 11.1 Å². The highest BCUT2D eigenvalue weighted by molar-refractivity contribution is 7.79. The van der Waals surface area contributed by atoms with Crippen LogP contribution in [0.5, 0.6) is 0 Å². The molecule has 1 fully saturated rings. The molecule has 2 aromatic carbocycles. The molecule has 1 unspecified atom stereocenters. The molecule has 0 spiro atoms. The van der Waals surface area contributed by atoms with Crippen LogP contribution in [0.15, 0.2) is 72.0 Å². The number of fused-ring (bicyclic) bond motifs is 1. The van der Waals surface area contributed by atoms with E-state index in [4.69, 9.17) is 0 Å². The van der Waals surface area contributed by atoms with Gasteiger partial charge >= 0.3 is 0 Å². The molecule has 8 heteroatoms. The summed E-state index contributed by atoms with van der Waals surface area (Å²) in [7, 11) is 0. The van der Waals surface area contributed by atoms with E-state index in [0.717, 1.165) is 35.3 Å². The molecule has 1 saturated heterocycles. The third kappa shape index (κ3) is 4.75. The van der Waals surface area contributed by atoms with Crippen LogP contribution in [0.3, 0.4) is 0 Å². The third-order valence-electron chi connectivity index (χ3n) is 6.06. The van der Waals surface area contributed by atoms with Crippen LogP contribution in [0.2, 0.25) is 0 Å². The van der Waals surface area contributed by atoms with E-state index in [1.807, 2.05) is 32.3 Å². The Kier molecular flexibility index (Phi) is 7.41. The van der Waals surface area contributed by atoms with E-state index in [9.17, 15) is 8.76 Å². The first-order valence-electron chi connectivity index (χ1n) is 11.7. The lowest BCUT2D eigenvalue weighted by atomic mass is 10.0. The number of nitrogens with one attached hydrogen (secondary N) is 1. The van der Waals surface area contributed by atoms with Gasteiger partial charge in [-0.1, -0.05) is 42.3 Å². The molecule has 178 valence electrons. The Morgan fingerprint density at radius 2 is 1.68 bits per heavy atom. The zero-order chi connectivity index (χ0) is 24.2. The van der Waals surface area contributed by atoms with Crippen molar-refractivity contribution < 1.29 is 8.76 Å². The van der Waals surface area contributed by atoms with E-state index in [1.54, 1.807) is 28.9 Å². The normalized spacial score (nSPS) is 18.9. The molecule has 0 bridgehead atoms. The summed E-state index contributed by atoms with van der Waals surface area (Å²) in [5.74, 6) is 0. The van der Waals surface area contributed by atoms with Crippen LogP contribution in [0.1, 0.15) is 27.7 Å². The fraction of sp³-hybridized carbons (Fsp3) is 0.308. The smallest absolute Gasteiger partial charge is 0.235 e. The Balaban J connectivity index is 0.00000133. The second-order valence-corrected chi connectivity index (χ2v) is 9.37. The van der Waals surface area contributed by atoms with E-state index in [1.165, 1.54) is 5.69 Å². The largest absolute Gasteiger partial charge is 0.364 e. The molecule has 2 N–H and O–H groups in total. The topological polar surface area (TPSA) is 82.8 Å². The van der Waals surface area contributed by atoms with Crippen molar-refractivity contribution in [2.45, 2.75) is 44.7 Å². The molecule has 0 amide bonds. The molecule has 0 radical (unpaired) electrons. The first kappa shape index (κ1) is 24.1. The van der Waals surface area contributed by atoms with Gasteiger partial charge in [0.25, 0.3) is 0 Å². The molecule has 5 rings (SSSR count). The Bertz CT molecular complexity index is 1280. The molecule has 3 heterocycles. The number of piperazine rings is 1. The molecule has 2 aromatic heterocycles. The summed E-state index contributed by atoms with van der Waals surface area (Å²) in [4.78, 5) is 7.51. The van der Waals surface area contributed by atoms with Gasteiger partial charge in [-0.3, -0.25) is 0 Å². The van der Waals surface area contributed by atoms with Crippen molar-refractivity contribution in [2.24, 2.45) is 0 Å². The first-order valence-corrected chi connectivity index (χ1v) is 12.9. The highest BCUT2D eigenvalue weighted by Crippen LogP contribution is 2.29. The van der Waals surface area contributed by atoms with Crippen LogP contribution >= 0.6 is 0 Å². The van der Waals surface area contributed by atoms with E-state index in [2.05, 4.69) is 58.4 Å². The highest BCUT2D eigenvalue weighted by Gasteiger charge is 2.24. The quantitative estimate of drug-likeness (QED) is 0.324. The van der Waals surface area contributed by atoms with Gasteiger partial charge in [0.15, 0.2) is 10.5 Å². The fourth-order valence-corrected chi connectivity index (χ4v) is 4.95. The number of rotatable bonds is 4. The standard InChI is InChI=1S/C24H25N5O2S.C2H6/c1-16-11-25-12-17(2)29(16)21-8-6-18(7-9-21)20-13-26-24-23(14-27-28(24)15-20)19-4-3-5-22(10-19)32(30)31;1-2/h3-10,13-17,25H,11-12H2,1-2H3,(H,30,31);1-2H3/p+1/t16-,17+;. The minimum Gasteiger partial charge on any atom is -0.364 e. The summed E-state index contributed by atoms with van der Waals surface area (Å²) < 4.78 is 22.6. The van der Waals surface area contributed by atoms with Crippen molar-refractivity contribution in [3.05, 3.63) is 67.1 Å². The van der Waals surface area contributed by atoms with Crippen molar-refractivity contribution in [1.29, 1.82) is 0 Å². The second kappa shape index (κ2) is 10.5. The van der Waals surface area contributed by atoms with Gasteiger partial charge in [0.1, 0.15) is 0 Å². The Labute approximate surface area is 203 Å². The number of benzene rings is 2. The van der Waals surface area contributed by atoms with E-state index in [0.29, 0.717) is 22.6 Å². The third-order valence-corrected chi connectivity index (χ3v) is 6.78. The Hall–Kier alpha value is -3.07. The lowest BCUT2D eigenvalue weighted by Gasteiger charge is -2.41. The van der Waals surface area contributed by atoms with Crippen LogP contribution in [0, 0.1) is 0 Å². The van der Waals surface area contributed by atoms with Gasteiger partial charge in [-0.05, 0) is 43.2 Å². The summed E-state index contributed by atoms with van der Waals surface area (Å²) >= 11 is -2.38. The van der Waals surface area contributed by atoms with Crippen LogP contribution in [-0.2, 0) is 15.3 Å². The van der Waals surface area contributed by atoms with E-state index in [-0.39, 0.29) is 0 Å². The fourth-order valence-electron chi connectivity index (χ4n) is 4.49. The van der Waals surface area contributed by atoms with Gasteiger partial charge in [0, 0.05) is 60.4 Å². The van der Waals surface area contributed by atoms with Gasteiger partial charge in [0.05, 0.1) is 6.20 Å². The zero-order valence-electron chi connectivity index (χ0n) is 20.0. The molecule has 3 atom stereocenters. The Morgan fingerprint density at radius 3 is 2.35 bits per heavy atom. The van der Waals surface area contributed by atoms with Gasteiger partial charge in [-0.2, -0.15) is 9.65 Å². The number of hydrogen-bond donors (Lipinski definition) is 2. The van der Waals surface area contributed by atoms with Crippen molar-refractivity contribution in [1.82, 2.24) is 19.9 Å². The van der Waals surface area contributed by atoms with Crippen LogP contribution in [-0.4, -0.2) is 44.3 Å². The summed E-state index contributed by atoms with van der Waals surface area (Å²) in [6.07, 6.45) is 5.56. The molecule has 0 aliphatic carbocycles. The lowest BCUT2D eigenvalue weighted by molar-refractivity contribution is 0.432. The minimum absolute atomic E-state index is 0.390. The van der Waals surface area contributed by atoms with Gasteiger partial charge in [-0.25, -0.2) is 9.50 Å². The van der Waals surface area contributed by atoms with Crippen LogP contribution in [0.4, 0.5) is 5.69 Å². The first-order chi connectivity index (χ1) is 16.5. The average molecular weight is 479 g/mol. The number of anilines is 1. The van der Waals surface area contributed by atoms with Gasteiger partial charge < -0.3 is 10.2 Å². The second-order valence-electron chi connectivity index (χ2n) is 8.30. The number of hydrogen-bond acceptors (Lipinski definition) is 5. The van der Waals surface area contributed by atoms with Crippen LogP contribution < -0.4 is 10.2 Å². The van der Waals surface area contributed by atoms with Crippen molar-refractivity contribution in [3.63, 3.8) is 0 Å². The molecule has 4 aromatic rings. The Morgan fingerprint density at radius 1 is 0.971 bits per heavy atom. The average Bonchev–Trinajstić information content (AvgIpc) is 3.29. The minimum atomic E-state index is -2.38. The lowest BCUT2D eigenvalue weighted by Crippen LogP contribution is -2.55. The highest BCUT2D eigenvalue weighted by atomic mass is 32.2. The van der Waals surface area contributed by atoms with Crippen molar-refractivity contribution in [2.75, 3.05) is 18.0 Å². The maximum absolute atomic E-state index is 11.5. The predicted octanol–water partition coefficient (Wildman–Crippen LogP) is 4.80. The van der Waals surface area contributed by atoms with Crippen LogP contribution in [0.25, 0.3) is 27.9 Å². The molecular formula is C26H32N5O2S+. The summed E-state index contributed by atoms with van der Waals surface area (Å²) in [5, 5.41) is 7.94. The van der Waals surface area contributed by atoms with E-state index >= 15 is 0 Å². The number of nitrogens with zero attached hydrogens (tertiary/aromatic N) is 4. The molecule has 7 nitrogen and oxygen atoms in total. The van der Waals surface area contributed by atoms with E-state index < -0.39 is 11.1 Å². The van der Waals surface area contributed by atoms with Crippen molar-refractivity contribution in [3.8, 4) is 22.3 Å². The molecule has 34 heavy (non-hydrogen) atoms. The monoisotopic (exact) mass is 478 g/mol. The predicted molar refractivity (Wildman–Crippen MR) is 140 cm³/mol. The maximum atomic E-state index is 11.5. The summed E-state index contributed by atoms with van der Waals surface area (Å²) in [6.45, 7) is 10.5. The SMILES string of the molecule is CC.C[C@@H]1CNC[C@H](C)N1c1ccc(-c2cnc3c(-c4cccc([SH+](=O)O)c4)cnn3c2)cc1. The van der Waals surface area contributed by atoms with Gasteiger partial charge in [-0.15, -0.1) is 0 Å². The molecule has 0 saturated carbocycles. The molecule has 1 aliphatic rings. The van der Waals surface area contributed by atoms with Crippen molar-refractivity contribution >= 4 is 22.4 Å². The maximum Gasteiger partial charge on any atom is 0.235 e. The summed E-state index contributed by atoms with van der Waals surface area (Å²) in [6, 6.07) is 16.5. The number of aromatic nitrogens is 3. The molecular weight excluding hydrogens is 446 g/mol. The summed E-state index contributed by atoms with van der Waals surface area (Å²) in [5.41, 5.74) is 5.64. The zero-order valence-corrected chi connectivity index (χ0v) is 20.9.